The summed E-state index contributed by atoms with van der Waals surface area (Å²) in [5.74, 6) is -0.251. The summed E-state index contributed by atoms with van der Waals surface area (Å²) in [7, 11) is 1.43. The van der Waals surface area contributed by atoms with Gasteiger partial charge < -0.3 is 10.1 Å². The van der Waals surface area contributed by atoms with Crippen LogP contribution in [0.5, 0.6) is 0 Å². The van der Waals surface area contributed by atoms with Crippen LogP contribution >= 0.6 is 0 Å². The molecule has 0 bridgehead atoms. The topological polar surface area (TPSA) is 41.6 Å². The highest BCUT2D eigenvalue weighted by atomic mass is 16.5. The van der Waals surface area contributed by atoms with Gasteiger partial charge in [0.25, 0.3) is 0 Å². The lowest BCUT2D eigenvalue weighted by Crippen LogP contribution is -2.43. The zero-order chi connectivity index (χ0) is 13.8. The van der Waals surface area contributed by atoms with Crippen molar-refractivity contribution in [3.8, 4) is 0 Å². The highest BCUT2D eigenvalue weighted by Crippen LogP contribution is 2.19. The fraction of sp³-hybridized carbons (Fsp3) is 0.533. The van der Waals surface area contributed by atoms with E-state index in [0.717, 1.165) is 38.3 Å². The van der Waals surface area contributed by atoms with Crippen LogP contribution in [0.4, 0.5) is 0 Å². The first kappa shape index (κ1) is 14.0. The number of carbonyl (C=O) groups is 1. The van der Waals surface area contributed by atoms with Crippen molar-refractivity contribution in [3.05, 3.63) is 34.4 Å². The lowest BCUT2D eigenvalue weighted by molar-refractivity contribution is 0.0599. The van der Waals surface area contributed by atoms with Crippen LogP contribution in [0.3, 0.4) is 0 Å². The number of carbonyl (C=O) groups excluding carboxylic acids is 1. The molecule has 1 fully saturated rings. The minimum Gasteiger partial charge on any atom is -0.465 e. The van der Waals surface area contributed by atoms with E-state index in [-0.39, 0.29) is 5.97 Å². The zero-order valence-corrected chi connectivity index (χ0v) is 12.0. The molecule has 0 spiro atoms. The van der Waals surface area contributed by atoms with Gasteiger partial charge in [-0.1, -0.05) is 6.07 Å². The van der Waals surface area contributed by atoms with Crippen LogP contribution in [0, 0.1) is 13.8 Å². The Morgan fingerprint density at radius 1 is 1.26 bits per heavy atom. The molecule has 1 aliphatic rings. The van der Waals surface area contributed by atoms with Gasteiger partial charge >= 0.3 is 5.97 Å². The van der Waals surface area contributed by atoms with Crippen molar-refractivity contribution in [2.75, 3.05) is 33.3 Å². The Morgan fingerprint density at radius 2 is 1.95 bits per heavy atom. The molecule has 0 unspecified atom stereocenters. The number of rotatable bonds is 3. The Labute approximate surface area is 114 Å². The Hall–Kier alpha value is -1.39. The smallest absolute Gasteiger partial charge is 0.338 e. The Balaban J connectivity index is 2.21. The number of hydrogen-bond acceptors (Lipinski definition) is 4. The second kappa shape index (κ2) is 6.17. The second-order valence-electron chi connectivity index (χ2n) is 5.11. The number of piperazine rings is 1. The van der Waals surface area contributed by atoms with E-state index in [9.17, 15) is 4.79 Å². The van der Waals surface area contributed by atoms with E-state index in [1.54, 1.807) is 0 Å². The first-order chi connectivity index (χ1) is 9.11. The zero-order valence-electron chi connectivity index (χ0n) is 12.0. The van der Waals surface area contributed by atoms with Crippen LogP contribution in [-0.4, -0.2) is 44.2 Å². The lowest BCUT2D eigenvalue weighted by Gasteiger charge is -2.28. The van der Waals surface area contributed by atoms with E-state index in [0.29, 0.717) is 5.56 Å². The monoisotopic (exact) mass is 262 g/mol. The standard InChI is InChI=1S/C15H22N2O2/c1-11-8-12(2)14(15(18)19-3)9-13(11)10-17-6-4-16-5-7-17/h8-9,16H,4-7,10H2,1-3H3. The molecule has 1 aromatic rings. The average molecular weight is 262 g/mol. The average Bonchev–Trinajstić information content (AvgIpc) is 2.42. The molecule has 1 heterocycles. The van der Waals surface area contributed by atoms with Crippen molar-refractivity contribution in [3.63, 3.8) is 0 Å². The van der Waals surface area contributed by atoms with E-state index in [1.165, 1.54) is 18.2 Å². The third-order valence-electron chi connectivity index (χ3n) is 3.69. The minimum atomic E-state index is -0.251. The molecule has 0 aromatic heterocycles. The van der Waals surface area contributed by atoms with Crippen molar-refractivity contribution < 1.29 is 9.53 Å². The number of methoxy groups -OCH3 is 1. The lowest BCUT2D eigenvalue weighted by atomic mass is 9.99. The molecule has 1 aromatic carbocycles. The second-order valence-corrected chi connectivity index (χ2v) is 5.11. The van der Waals surface area contributed by atoms with Gasteiger partial charge in [0.05, 0.1) is 12.7 Å². The normalized spacial score (nSPS) is 16.4. The highest BCUT2D eigenvalue weighted by molar-refractivity contribution is 5.91. The summed E-state index contributed by atoms with van der Waals surface area (Å²) in [4.78, 5) is 14.2. The van der Waals surface area contributed by atoms with E-state index in [1.807, 2.05) is 13.0 Å². The predicted octanol–water partition coefficient (Wildman–Crippen LogP) is 1.50. The van der Waals surface area contributed by atoms with E-state index in [2.05, 4.69) is 23.2 Å². The van der Waals surface area contributed by atoms with Crippen molar-refractivity contribution in [1.29, 1.82) is 0 Å². The maximum Gasteiger partial charge on any atom is 0.338 e. The van der Waals surface area contributed by atoms with Gasteiger partial charge in [0.1, 0.15) is 0 Å². The number of benzene rings is 1. The Kier molecular flexibility index (Phi) is 4.56. The number of nitrogens with one attached hydrogen (secondary N) is 1. The van der Waals surface area contributed by atoms with E-state index >= 15 is 0 Å². The maximum absolute atomic E-state index is 11.7. The third-order valence-corrected chi connectivity index (χ3v) is 3.69. The number of ether oxygens (including phenoxy) is 1. The van der Waals surface area contributed by atoms with Gasteiger partial charge in [0, 0.05) is 32.7 Å². The molecule has 0 saturated carbocycles. The highest BCUT2D eigenvalue weighted by Gasteiger charge is 2.15. The number of hydrogen-bond donors (Lipinski definition) is 1. The van der Waals surface area contributed by atoms with Crippen molar-refractivity contribution in [2.24, 2.45) is 0 Å². The SMILES string of the molecule is COC(=O)c1cc(CN2CCNCC2)c(C)cc1C. The summed E-state index contributed by atoms with van der Waals surface area (Å²) < 4.78 is 4.84. The Morgan fingerprint density at radius 3 is 2.58 bits per heavy atom. The molecule has 104 valence electrons. The molecule has 2 rings (SSSR count). The van der Waals surface area contributed by atoms with Crippen molar-refractivity contribution in [1.82, 2.24) is 10.2 Å². The summed E-state index contributed by atoms with van der Waals surface area (Å²) in [6, 6.07) is 4.06. The molecular formula is C15H22N2O2. The van der Waals surface area contributed by atoms with Crippen LogP contribution in [0.15, 0.2) is 12.1 Å². The molecule has 0 atom stereocenters. The van der Waals surface area contributed by atoms with Gasteiger partial charge in [-0.15, -0.1) is 0 Å². The van der Waals surface area contributed by atoms with Gasteiger partial charge in [0.2, 0.25) is 0 Å². The van der Waals surface area contributed by atoms with Gasteiger partial charge in [-0.25, -0.2) is 4.79 Å². The first-order valence-electron chi connectivity index (χ1n) is 6.73. The molecule has 0 amide bonds. The number of nitrogens with zero attached hydrogens (tertiary/aromatic N) is 1. The van der Waals surface area contributed by atoms with E-state index in [4.69, 9.17) is 4.74 Å². The molecular weight excluding hydrogens is 240 g/mol. The van der Waals surface area contributed by atoms with E-state index < -0.39 is 0 Å². The molecule has 0 aliphatic carbocycles. The van der Waals surface area contributed by atoms with Crippen LogP contribution in [0.25, 0.3) is 0 Å². The van der Waals surface area contributed by atoms with Crippen LogP contribution in [-0.2, 0) is 11.3 Å². The van der Waals surface area contributed by atoms with Gasteiger partial charge in [-0.05, 0) is 36.6 Å². The molecule has 1 aliphatic heterocycles. The fourth-order valence-electron chi connectivity index (χ4n) is 2.51. The third kappa shape index (κ3) is 3.33. The van der Waals surface area contributed by atoms with Crippen molar-refractivity contribution >= 4 is 5.97 Å². The molecule has 1 N–H and O–H groups in total. The summed E-state index contributed by atoms with van der Waals surface area (Å²) in [6.07, 6.45) is 0. The molecule has 4 heteroatoms. The quantitative estimate of drug-likeness (QED) is 0.838. The van der Waals surface area contributed by atoms with Gasteiger partial charge in [0.15, 0.2) is 0 Å². The molecule has 4 nitrogen and oxygen atoms in total. The van der Waals surface area contributed by atoms with Crippen molar-refractivity contribution in [2.45, 2.75) is 20.4 Å². The first-order valence-corrected chi connectivity index (χ1v) is 6.73. The summed E-state index contributed by atoms with van der Waals surface area (Å²) in [6.45, 7) is 9.14. The summed E-state index contributed by atoms with van der Waals surface area (Å²) >= 11 is 0. The molecule has 1 saturated heterocycles. The van der Waals surface area contributed by atoms with Crippen LogP contribution in [0.2, 0.25) is 0 Å². The molecule has 19 heavy (non-hydrogen) atoms. The van der Waals surface area contributed by atoms with Crippen LogP contribution in [0.1, 0.15) is 27.0 Å². The summed E-state index contributed by atoms with van der Waals surface area (Å²) in [5.41, 5.74) is 4.11. The minimum absolute atomic E-state index is 0.251. The summed E-state index contributed by atoms with van der Waals surface area (Å²) in [5, 5.41) is 3.35. The predicted molar refractivity (Wildman–Crippen MR) is 75.4 cm³/mol. The fourth-order valence-corrected chi connectivity index (χ4v) is 2.51. The van der Waals surface area contributed by atoms with Gasteiger partial charge in [-0.3, -0.25) is 4.90 Å². The van der Waals surface area contributed by atoms with Gasteiger partial charge in [-0.2, -0.15) is 0 Å². The largest absolute Gasteiger partial charge is 0.465 e. The number of esters is 1. The number of aryl methyl sites for hydroxylation is 2. The molecule has 0 radical (unpaired) electrons. The Bertz CT molecular complexity index is 465. The maximum atomic E-state index is 11.7. The van der Waals surface area contributed by atoms with Crippen LogP contribution < -0.4 is 5.32 Å².